The van der Waals surface area contributed by atoms with Crippen molar-refractivity contribution in [3.05, 3.63) is 0 Å². The molecule has 8 N–H and O–H groups in total. The Kier molecular flexibility index (Phi) is 10.4. The van der Waals surface area contributed by atoms with Gasteiger partial charge >= 0.3 is 11.9 Å². The van der Waals surface area contributed by atoms with Crippen molar-refractivity contribution in [3.8, 4) is 0 Å². The third-order valence-corrected chi connectivity index (χ3v) is 3.65. The molecule has 0 saturated heterocycles. The van der Waals surface area contributed by atoms with E-state index in [4.69, 9.17) is 15.9 Å². The first-order chi connectivity index (χ1) is 12.4. The number of hydrogen-bond donors (Lipinski definition) is 8. The Balaban J connectivity index is 5.12. The Bertz CT molecular complexity index is 583. The number of carboxylic acid groups (broad SMARTS) is 2. The van der Waals surface area contributed by atoms with Gasteiger partial charge < -0.3 is 37.0 Å². The number of carboxylic acids is 2. The average Bonchev–Trinajstić information content (AvgIpc) is 2.55. The van der Waals surface area contributed by atoms with Gasteiger partial charge in [-0.25, -0.2) is 4.79 Å². The van der Waals surface area contributed by atoms with Crippen LogP contribution in [0, 0.1) is 0 Å². The fourth-order valence-electron chi connectivity index (χ4n) is 1.79. The van der Waals surface area contributed by atoms with Crippen LogP contribution < -0.4 is 21.7 Å². The lowest BCUT2D eigenvalue weighted by atomic mass is 10.1. The van der Waals surface area contributed by atoms with Crippen LogP contribution in [0.2, 0.25) is 0 Å². The summed E-state index contributed by atoms with van der Waals surface area (Å²) in [6.45, 7) is 2.60. The highest BCUT2D eigenvalue weighted by Crippen LogP contribution is 2.00. The number of rotatable bonds is 11. The first kappa shape index (κ1) is 24.6. The van der Waals surface area contributed by atoms with Gasteiger partial charge in [0.15, 0.2) is 0 Å². The largest absolute Gasteiger partial charge is 0.481 e. The molecule has 0 fully saturated rings. The van der Waals surface area contributed by atoms with Crippen LogP contribution >= 0.6 is 12.6 Å². The zero-order chi connectivity index (χ0) is 21.3. The number of aliphatic carboxylic acids is 2. The summed E-state index contributed by atoms with van der Waals surface area (Å²) in [5, 5.41) is 33.7. The van der Waals surface area contributed by atoms with Gasteiger partial charge in [-0.15, -0.1) is 0 Å². The molecule has 0 aliphatic carbocycles. The lowest BCUT2D eigenvalue weighted by Crippen LogP contribution is -2.60. The van der Waals surface area contributed by atoms with Crippen molar-refractivity contribution < 1.29 is 39.3 Å². The number of carbonyl (C=O) groups excluding carboxylic acids is 3. The average molecular weight is 408 g/mol. The number of amides is 3. The van der Waals surface area contributed by atoms with Crippen molar-refractivity contribution in [2.24, 2.45) is 5.73 Å². The van der Waals surface area contributed by atoms with E-state index in [1.54, 1.807) is 0 Å². The van der Waals surface area contributed by atoms with Gasteiger partial charge in [-0.05, 0) is 13.8 Å². The van der Waals surface area contributed by atoms with Crippen molar-refractivity contribution in [3.63, 3.8) is 0 Å². The Hall–Kier alpha value is -2.38. The zero-order valence-corrected chi connectivity index (χ0v) is 15.6. The molecule has 0 heterocycles. The van der Waals surface area contributed by atoms with Crippen molar-refractivity contribution in [1.29, 1.82) is 0 Å². The molecular weight excluding hydrogens is 384 g/mol. The first-order valence-corrected chi connectivity index (χ1v) is 8.44. The van der Waals surface area contributed by atoms with Gasteiger partial charge in [0.05, 0.1) is 18.6 Å². The smallest absolute Gasteiger partial charge is 0.326 e. The summed E-state index contributed by atoms with van der Waals surface area (Å²) in [6, 6.07) is -5.42. The molecule has 154 valence electrons. The number of nitrogens with two attached hydrogens (primary N) is 1. The van der Waals surface area contributed by atoms with Crippen LogP contribution in [0.25, 0.3) is 0 Å². The highest BCUT2D eigenvalue weighted by atomic mass is 32.1. The van der Waals surface area contributed by atoms with E-state index < -0.39 is 66.4 Å². The Morgan fingerprint density at radius 1 is 0.926 bits per heavy atom. The van der Waals surface area contributed by atoms with E-state index in [0.29, 0.717) is 0 Å². The molecule has 0 aromatic carbocycles. The molecule has 0 bridgehead atoms. The Morgan fingerprint density at radius 2 is 1.44 bits per heavy atom. The summed E-state index contributed by atoms with van der Waals surface area (Å²) in [5.74, 6) is -5.91. The fraction of sp³-hybridized carbons (Fsp3) is 0.643. The summed E-state index contributed by atoms with van der Waals surface area (Å²) >= 11 is 3.89. The number of carbonyl (C=O) groups is 5. The molecule has 0 aromatic heterocycles. The lowest BCUT2D eigenvalue weighted by Gasteiger charge is -2.25. The fourth-order valence-corrected chi connectivity index (χ4v) is 2.05. The molecule has 0 radical (unpaired) electrons. The van der Waals surface area contributed by atoms with Crippen LogP contribution in [0.5, 0.6) is 0 Å². The van der Waals surface area contributed by atoms with Crippen molar-refractivity contribution >= 4 is 42.3 Å². The number of aliphatic hydroxyl groups excluding tert-OH is 1. The minimum Gasteiger partial charge on any atom is -0.481 e. The summed E-state index contributed by atoms with van der Waals surface area (Å²) < 4.78 is 0. The quantitative estimate of drug-likeness (QED) is 0.160. The Morgan fingerprint density at radius 3 is 1.81 bits per heavy atom. The topological polar surface area (TPSA) is 208 Å². The Labute approximate surface area is 160 Å². The van der Waals surface area contributed by atoms with Gasteiger partial charge in [0.2, 0.25) is 17.7 Å². The van der Waals surface area contributed by atoms with Crippen LogP contribution in [0.15, 0.2) is 0 Å². The predicted octanol–water partition coefficient (Wildman–Crippen LogP) is -3.34. The standard InChI is InChI=1S/C14H24N4O8S/c1-5(15)11(22)18-10(6(2)19)13(24)17-8(4-27)12(23)16-7(14(25)26)3-9(20)21/h5-8,10,19,27H,3-4,15H2,1-2H3,(H,16,23)(H,17,24)(H,18,22)(H,20,21)(H,25,26). The second-order valence-electron chi connectivity index (χ2n) is 5.76. The molecule has 3 amide bonds. The number of thiol groups is 1. The van der Waals surface area contributed by atoms with Crippen LogP contribution in [0.3, 0.4) is 0 Å². The van der Waals surface area contributed by atoms with E-state index in [9.17, 15) is 29.1 Å². The monoisotopic (exact) mass is 408 g/mol. The van der Waals surface area contributed by atoms with E-state index >= 15 is 0 Å². The lowest BCUT2D eigenvalue weighted by molar-refractivity contribution is -0.147. The van der Waals surface area contributed by atoms with E-state index in [0.717, 1.165) is 0 Å². The van der Waals surface area contributed by atoms with Crippen molar-refractivity contribution in [1.82, 2.24) is 16.0 Å². The van der Waals surface area contributed by atoms with Crippen molar-refractivity contribution in [2.45, 2.75) is 50.5 Å². The predicted molar refractivity (Wildman–Crippen MR) is 94.9 cm³/mol. The van der Waals surface area contributed by atoms with Gasteiger partial charge in [-0.2, -0.15) is 12.6 Å². The molecule has 13 heteroatoms. The summed E-state index contributed by atoms with van der Waals surface area (Å²) in [7, 11) is 0. The molecule has 0 spiro atoms. The van der Waals surface area contributed by atoms with Gasteiger partial charge in [-0.1, -0.05) is 0 Å². The zero-order valence-electron chi connectivity index (χ0n) is 14.7. The highest BCUT2D eigenvalue weighted by Gasteiger charge is 2.31. The molecule has 27 heavy (non-hydrogen) atoms. The molecule has 0 aliphatic rings. The highest BCUT2D eigenvalue weighted by molar-refractivity contribution is 7.80. The minimum absolute atomic E-state index is 0.259. The van der Waals surface area contributed by atoms with Gasteiger partial charge in [0.25, 0.3) is 0 Å². The third kappa shape index (κ3) is 8.70. The van der Waals surface area contributed by atoms with Crippen LogP contribution in [-0.2, 0) is 24.0 Å². The van der Waals surface area contributed by atoms with Crippen molar-refractivity contribution in [2.75, 3.05) is 5.75 Å². The second kappa shape index (κ2) is 11.4. The SMILES string of the molecule is CC(N)C(=O)NC(C(=O)NC(CS)C(=O)NC(CC(=O)O)C(=O)O)C(C)O. The number of nitrogens with one attached hydrogen (secondary N) is 3. The third-order valence-electron chi connectivity index (χ3n) is 3.29. The van der Waals surface area contributed by atoms with Crippen LogP contribution in [0.4, 0.5) is 0 Å². The summed E-state index contributed by atoms with van der Waals surface area (Å²) in [4.78, 5) is 57.7. The van der Waals surface area contributed by atoms with E-state index in [-0.39, 0.29) is 5.75 Å². The maximum atomic E-state index is 12.3. The normalized spacial score (nSPS) is 16.2. The molecule has 5 atom stereocenters. The summed E-state index contributed by atoms with van der Waals surface area (Å²) in [6.07, 6.45) is -2.19. The summed E-state index contributed by atoms with van der Waals surface area (Å²) in [5.41, 5.74) is 5.38. The van der Waals surface area contributed by atoms with Gasteiger partial charge in [0, 0.05) is 5.75 Å². The molecular formula is C14H24N4O8S. The first-order valence-electron chi connectivity index (χ1n) is 7.80. The van der Waals surface area contributed by atoms with Gasteiger partial charge in [-0.3, -0.25) is 19.2 Å². The van der Waals surface area contributed by atoms with Gasteiger partial charge in [0.1, 0.15) is 18.1 Å². The molecule has 0 saturated carbocycles. The number of aliphatic hydroxyl groups is 1. The van der Waals surface area contributed by atoms with Crippen LogP contribution in [0.1, 0.15) is 20.3 Å². The molecule has 5 unspecified atom stereocenters. The molecule has 0 rings (SSSR count). The maximum Gasteiger partial charge on any atom is 0.326 e. The van der Waals surface area contributed by atoms with Crippen LogP contribution in [-0.4, -0.2) is 81.0 Å². The number of hydrogen-bond acceptors (Lipinski definition) is 8. The van der Waals surface area contributed by atoms with E-state index in [1.165, 1.54) is 13.8 Å². The molecule has 0 aliphatic heterocycles. The minimum atomic E-state index is -1.71. The molecule has 12 nitrogen and oxygen atoms in total. The second-order valence-corrected chi connectivity index (χ2v) is 6.12. The van der Waals surface area contributed by atoms with E-state index in [1.807, 2.05) is 5.32 Å². The maximum absolute atomic E-state index is 12.3. The molecule has 0 aromatic rings. The van der Waals surface area contributed by atoms with E-state index in [2.05, 4.69) is 23.3 Å².